The van der Waals surface area contributed by atoms with E-state index >= 15 is 0 Å². The van der Waals surface area contributed by atoms with E-state index in [1.54, 1.807) is 7.05 Å². The normalized spacial score (nSPS) is 12.9. The van der Waals surface area contributed by atoms with Crippen LogP contribution in [0.15, 0.2) is 34.9 Å². The molecule has 0 spiro atoms. The lowest BCUT2D eigenvalue weighted by atomic mass is 9.86. The summed E-state index contributed by atoms with van der Waals surface area (Å²) in [6.45, 7) is 1.77. The van der Waals surface area contributed by atoms with Crippen LogP contribution in [0, 0.1) is 0 Å². The molecule has 0 bridgehead atoms. The summed E-state index contributed by atoms with van der Waals surface area (Å²) in [6.07, 6.45) is -2.76. The van der Waals surface area contributed by atoms with Crippen molar-refractivity contribution in [3.05, 3.63) is 63.7 Å². The van der Waals surface area contributed by atoms with Crippen molar-refractivity contribution in [3.63, 3.8) is 0 Å². The summed E-state index contributed by atoms with van der Waals surface area (Å²) >= 11 is 6.34. The smallest absolute Gasteiger partial charge is 0.416 e. The van der Waals surface area contributed by atoms with Gasteiger partial charge >= 0.3 is 6.18 Å². The highest BCUT2D eigenvalue weighted by atomic mass is 35.5. The Morgan fingerprint density at radius 1 is 1.32 bits per heavy atom. The largest absolute Gasteiger partial charge is 0.455 e. The van der Waals surface area contributed by atoms with Gasteiger partial charge in [0.1, 0.15) is 5.76 Å². The van der Waals surface area contributed by atoms with E-state index in [2.05, 4.69) is 5.10 Å². The third-order valence-corrected chi connectivity index (χ3v) is 5.45. The molecule has 1 atom stereocenters. The van der Waals surface area contributed by atoms with E-state index in [0.717, 1.165) is 6.07 Å². The standard InChI is InChI=1S/C21H22ClF3N4O2/c1-3-15-17(18-14(22)10-28-29(18)2)16(19(31-15)20(27)30)12(9-26)8-11-6-4-5-7-13(11)21(23,24)25/h4-7,10,12H,3,8-9,26H2,1-2H3,(H2,27,30)/t12-/m1/s1. The van der Waals surface area contributed by atoms with Gasteiger partial charge in [0.15, 0.2) is 5.76 Å². The molecule has 3 rings (SSSR count). The van der Waals surface area contributed by atoms with Gasteiger partial charge in [0.05, 0.1) is 22.5 Å². The molecule has 0 aliphatic heterocycles. The molecular formula is C21H22ClF3N4O2. The second-order valence-corrected chi connectivity index (χ2v) is 7.52. The number of alkyl halides is 3. The second-order valence-electron chi connectivity index (χ2n) is 7.12. The Bertz CT molecular complexity index is 1090. The number of nitrogens with two attached hydrogens (primary N) is 2. The lowest BCUT2D eigenvalue weighted by Crippen LogP contribution is -2.22. The van der Waals surface area contributed by atoms with Crippen LogP contribution in [0.5, 0.6) is 0 Å². The molecule has 1 aromatic carbocycles. The highest BCUT2D eigenvalue weighted by Gasteiger charge is 2.36. The van der Waals surface area contributed by atoms with Gasteiger partial charge in [-0.25, -0.2) is 0 Å². The van der Waals surface area contributed by atoms with Crippen molar-refractivity contribution < 1.29 is 22.4 Å². The summed E-state index contributed by atoms with van der Waals surface area (Å²) in [7, 11) is 1.66. The van der Waals surface area contributed by atoms with E-state index in [1.165, 1.54) is 29.1 Å². The molecule has 0 radical (unpaired) electrons. The van der Waals surface area contributed by atoms with Gasteiger partial charge in [-0.3, -0.25) is 9.48 Å². The number of amides is 1. The molecule has 3 aromatic rings. The number of aromatic nitrogens is 2. The summed E-state index contributed by atoms with van der Waals surface area (Å²) in [5.74, 6) is -1.23. The summed E-state index contributed by atoms with van der Waals surface area (Å²) < 4.78 is 47.8. The maximum absolute atomic E-state index is 13.5. The van der Waals surface area contributed by atoms with Gasteiger partial charge in [-0.15, -0.1) is 0 Å². The molecule has 166 valence electrons. The molecule has 2 heterocycles. The number of carbonyl (C=O) groups excluding carboxylic acids is 1. The molecule has 0 fully saturated rings. The molecule has 0 saturated carbocycles. The molecule has 0 saturated heterocycles. The molecule has 6 nitrogen and oxygen atoms in total. The minimum absolute atomic E-state index is 0.0440. The average molecular weight is 455 g/mol. The van der Waals surface area contributed by atoms with Crippen molar-refractivity contribution in [2.75, 3.05) is 6.54 Å². The van der Waals surface area contributed by atoms with E-state index in [1.807, 2.05) is 6.92 Å². The Morgan fingerprint density at radius 2 is 2.00 bits per heavy atom. The molecule has 0 unspecified atom stereocenters. The number of hydrogen-bond acceptors (Lipinski definition) is 4. The number of rotatable bonds is 7. The first-order valence-corrected chi connectivity index (χ1v) is 9.96. The minimum atomic E-state index is -4.53. The van der Waals surface area contributed by atoms with Gasteiger partial charge in [0.2, 0.25) is 0 Å². The van der Waals surface area contributed by atoms with Crippen LogP contribution in [0.2, 0.25) is 5.02 Å². The Labute approximate surface area is 182 Å². The van der Waals surface area contributed by atoms with Crippen LogP contribution in [0.1, 0.15) is 45.8 Å². The van der Waals surface area contributed by atoms with Crippen LogP contribution in [0.3, 0.4) is 0 Å². The molecule has 2 aromatic heterocycles. The fourth-order valence-corrected chi connectivity index (χ4v) is 4.07. The van der Waals surface area contributed by atoms with Crippen molar-refractivity contribution in [1.82, 2.24) is 9.78 Å². The second kappa shape index (κ2) is 8.76. The van der Waals surface area contributed by atoms with Crippen molar-refractivity contribution >= 4 is 17.5 Å². The van der Waals surface area contributed by atoms with Crippen LogP contribution >= 0.6 is 11.6 Å². The number of carbonyl (C=O) groups is 1. The number of furan rings is 1. The van der Waals surface area contributed by atoms with E-state index in [-0.39, 0.29) is 24.3 Å². The van der Waals surface area contributed by atoms with E-state index in [0.29, 0.717) is 34.0 Å². The van der Waals surface area contributed by atoms with Crippen LogP contribution in [-0.2, 0) is 26.1 Å². The predicted octanol–water partition coefficient (Wildman–Crippen LogP) is 4.30. The minimum Gasteiger partial charge on any atom is -0.455 e. The topological polar surface area (TPSA) is 100 Å². The fourth-order valence-electron chi connectivity index (χ4n) is 3.81. The molecule has 31 heavy (non-hydrogen) atoms. The summed E-state index contributed by atoms with van der Waals surface area (Å²) in [4.78, 5) is 12.2. The third kappa shape index (κ3) is 4.33. The number of nitrogens with zero attached hydrogens (tertiary/aromatic N) is 2. The van der Waals surface area contributed by atoms with Crippen LogP contribution < -0.4 is 11.5 Å². The number of aryl methyl sites for hydroxylation is 2. The lowest BCUT2D eigenvalue weighted by molar-refractivity contribution is -0.138. The summed E-state index contributed by atoms with van der Waals surface area (Å²) in [5.41, 5.74) is 12.2. The van der Waals surface area contributed by atoms with Gasteiger partial charge in [-0.2, -0.15) is 18.3 Å². The highest BCUT2D eigenvalue weighted by Crippen LogP contribution is 2.42. The number of benzene rings is 1. The summed E-state index contributed by atoms with van der Waals surface area (Å²) in [6, 6.07) is 5.27. The fraction of sp³-hybridized carbons (Fsp3) is 0.333. The maximum atomic E-state index is 13.5. The molecule has 0 aliphatic carbocycles. The first-order chi connectivity index (χ1) is 14.6. The van der Waals surface area contributed by atoms with Gasteiger partial charge in [0.25, 0.3) is 5.91 Å². The average Bonchev–Trinajstić information content (AvgIpc) is 3.24. The maximum Gasteiger partial charge on any atom is 0.416 e. The van der Waals surface area contributed by atoms with Gasteiger partial charge < -0.3 is 15.9 Å². The monoisotopic (exact) mass is 454 g/mol. The van der Waals surface area contributed by atoms with Crippen molar-refractivity contribution in [3.8, 4) is 11.3 Å². The van der Waals surface area contributed by atoms with Crippen molar-refractivity contribution in [2.45, 2.75) is 31.9 Å². The van der Waals surface area contributed by atoms with Crippen LogP contribution in [0.25, 0.3) is 11.3 Å². The lowest BCUT2D eigenvalue weighted by Gasteiger charge is -2.20. The molecular weight excluding hydrogens is 433 g/mol. The van der Waals surface area contributed by atoms with Gasteiger partial charge in [-0.05, 0) is 24.6 Å². The zero-order chi connectivity index (χ0) is 22.9. The van der Waals surface area contributed by atoms with Crippen molar-refractivity contribution in [1.29, 1.82) is 0 Å². The number of hydrogen-bond donors (Lipinski definition) is 2. The van der Waals surface area contributed by atoms with E-state index in [9.17, 15) is 18.0 Å². The number of primary amides is 1. The third-order valence-electron chi connectivity index (χ3n) is 5.18. The number of halogens is 4. The van der Waals surface area contributed by atoms with E-state index in [4.69, 9.17) is 27.5 Å². The van der Waals surface area contributed by atoms with Crippen molar-refractivity contribution in [2.24, 2.45) is 18.5 Å². The molecule has 1 amide bonds. The Kier molecular flexibility index (Phi) is 6.47. The van der Waals surface area contributed by atoms with E-state index < -0.39 is 23.6 Å². The quantitative estimate of drug-likeness (QED) is 0.556. The Morgan fingerprint density at radius 3 is 2.52 bits per heavy atom. The zero-order valence-corrected chi connectivity index (χ0v) is 17.7. The first kappa shape index (κ1) is 22.9. The molecule has 10 heteroatoms. The Balaban J connectivity index is 2.23. The van der Waals surface area contributed by atoms with Crippen LogP contribution in [0.4, 0.5) is 13.2 Å². The van der Waals surface area contributed by atoms with Crippen LogP contribution in [-0.4, -0.2) is 22.2 Å². The molecule has 0 aliphatic rings. The van der Waals surface area contributed by atoms with Gasteiger partial charge in [-0.1, -0.05) is 36.7 Å². The highest BCUT2D eigenvalue weighted by molar-refractivity contribution is 6.33. The summed E-state index contributed by atoms with van der Waals surface area (Å²) in [5, 5.41) is 4.43. The SMILES string of the molecule is CCc1oc(C(N)=O)c([C@@H](CN)Cc2ccccc2C(F)(F)F)c1-c1c(Cl)cnn1C. The zero-order valence-electron chi connectivity index (χ0n) is 17.0. The predicted molar refractivity (Wildman–Crippen MR) is 111 cm³/mol. The molecule has 4 N–H and O–H groups in total. The Hall–Kier alpha value is -2.78. The first-order valence-electron chi connectivity index (χ1n) is 9.58. The van der Waals surface area contributed by atoms with Gasteiger partial charge in [0, 0.05) is 30.5 Å².